The molecule has 0 aromatic heterocycles. The smallest absolute Gasteiger partial charge is 0.303 e. The standard InChI is InChI=1S/C28H36FNO4/c29-24-11-25(34-16-28-12-18-7-19(13-28)9-20(8-18)14-28)22(21-2-3-21)10-23(24)27(33)30-6-5-17(15-30)1-4-26(31)32/h10-11,17-21H,1-9,12-16H2,(H,31,32). The third-order valence-corrected chi connectivity index (χ3v) is 9.39. The summed E-state index contributed by atoms with van der Waals surface area (Å²) < 4.78 is 21.7. The maximum Gasteiger partial charge on any atom is 0.303 e. The number of halogens is 1. The fourth-order valence-electron chi connectivity index (χ4n) is 8.02. The predicted molar refractivity (Wildman–Crippen MR) is 125 cm³/mol. The summed E-state index contributed by atoms with van der Waals surface area (Å²) in [6.07, 6.45) is 11.5. The normalized spacial score (nSPS) is 34.0. The molecule has 6 aliphatic rings. The van der Waals surface area contributed by atoms with Crippen molar-refractivity contribution in [2.75, 3.05) is 19.7 Å². The number of hydrogen-bond acceptors (Lipinski definition) is 3. The summed E-state index contributed by atoms with van der Waals surface area (Å²) in [5.41, 5.74) is 1.40. The Hall–Kier alpha value is -2.11. The van der Waals surface area contributed by atoms with Crippen LogP contribution in [0.3, 0.4) is 0 Å². The first-order valence-electron chi connectivity index (χ1n) is 13.3. The predicted octanol–water partition coefficient (Wildman–Crippen LogP) is 5.63. The maximum atomic E-state index is 15.2. The highest BCUT2D eigenvalue weighted by Crippen LogP contribution is 2.60. The summed E-state index contributed by atoms with van der Waals surface area (Å²) in [6.45, 7) is 1.75. The van der Waals surface area contributed by atoms with Crippen molar-refractivity contribution in [1.82, 2.24) is 4.90 Å². The molecular formula is C28H36FNO4. The molecule has 1 unspecified atom stereocenters. The minimum Gasteiger partial charge on any atom is -0.493 e. The van der Waals surface area contributed by atoms with E-state index in [1.165, 1.54) is 44.6 Å². The third kappa shape index (κ3) is 4.33. The average molecular weight is 470 g/mol. The number of likely N-dealkylation sites (tertiary alicyclic amines) is 1. The van der Waals surface area contributed by atoms with Gasteiger partial charge in [0.15, 0.2) is 0 Å². The van der Waals surface area contributed by atoms with Crippen LogP contribution in [0.4, 0.5) is 4.39 Å². The molecule has 4 bridgehead atoms. The molecule has 1 amide bonds. The largest absolute Gasteiger partial charge is 0.493 e. The summed E-state index contributed by atoms with van der Waals surface area (Å²) in [4.78, 5) is 25.7. The highest BCUT2D eigenvalue weighted by molar-refractivity contribution is 5.95. The molecule has 1 aromatic carbocycles. The van der Waals surface area contributed by atoms with Crippen LogP contribution in [0, 0.1) is 34.9 Å². The topological polar surface area (TPSA) is 66.8 Å². The molecule has 5 saturated carbocycles. The van der Waals surface area contributed by atoms with Gasteiger partial charge in [-0.2, -0.15) is 0 Å². The molecule has 7 rings (SSSR count). The Morgan fingerprint density at radius 2 is 1.74 bits per heavy atom. The van der Waals surface area contributed by atoms with Crippen LogP contribution in [0.15, 0.2) is 12.1 Å². The van der Waals surface area contributed by atoms with E-state index in [1.54, 1.807) is 11.0 Å². The quantitative estimate of drug-likeness (QED) is 0.536. The number of aliphatic carboxylic acids is 1. The Balaban J connectivity index is 1.16. The molecule has 184 valence electrons. The van der Waals surface area contributed by atoms with Crippen molar-refractivity contribution in [3.8, 4) is 5.75 Å². The Morgan fingerprint density at radius 1 is 1.06 bits per heavy atom. The van der Waals surface area contributed by atoms with E-state index in [4.69, 9.17) is 9.84 Å². The van der Waals surface area contributed by atoms with Crippen molar-refractivity contribution < 1.29 is 23.8 Å². The van der Waals surface area contributed by atoms with Crippen molar-refractivity contribution in [1.29, 1.82) is 0 Å². The summed E-state index contributed by atoms with van der Waals surface area (Å²) in [6, 6.07) is 3.23. The molecule has 1 aromatic rings. The highest BCUT2D eigenvalue weighted by atomic mass is 19.1. The van der Waals surface area contributed by atoms with Gasteiger partial charge in [0.1, 0.15) is 11.6 Å². The van der Waals surface area contributed by atoms with E-state index in [9.17, 15) is 9.59 Å². The van der Waals surface area contributed by atoms with Gasteiger partial charge in [-0.3, -0.25) is 9.59 Å². The van der Waals surface area contributed by atoms with Crippen LogP contribution in [0.2, 0.25) is 0 Å². The number of hydrogen-bond donors (Lipinski definition) is 1. The molecular weight excluding hydrogens is 433 g/mol. The van der Waals surface area contributed by atoms with Gasteiger partial charge in [-0.25, -0.2) is 4.39 Å². The maximum absolute atomic E-state index is 15.2. The van der Waals surface area contributed by atoms with E-state index in [-0.39, 0.29) is 29.2 Å². The fourth-order valence-corrected chi connectivity index (χ4v) is 8.02. The van der Waals surface area contributed by atoms with Crippen molar-refractivity contribution >= 4 is 11.9 Å². The van der Waals surface area contributed by atoms with Crippen LogP contribution in [0.1, 0.15) is 92.5 Å². The Labute approximate surface area is 201 Å². The van der Waals surface area contributed by atoms with Gasteiger partial charge in [0.25, 0.3) is 5.91 Å². The molecule has 1 N–H and O–H groups in total. The zero-order valence-electron chi connectivity index (χ0n) is 19.9. The minimum absolute atomic E-state index is 0.114. The molecule has 34 heavy (non-hydrogen) atoms. The van der Waals surface area contributed by atoms with Crippen molar-refractivity contribution in [3.63, 3.8) is 0 Å². The van der Waals surface area contributed by atoms with Crippen LogP contribution in [0.25, 0.3) is 0 Å². The molecule has 1 aliphatic heterocycles. The van der Waals surface area contributed by atoms with Crippen LogP contribution in [-0.4, -0.2) is 41.6 Å². The lowest BCUT2D eigenvalue weighted by atomic mass is 9.50. The number of amides is 1. The number of rotatable bonds is 8. The number of benzene rings is 1. The second-order valence-corrected chi connectivity index (χ2v) is 12.2. The molecule has 1 saturated heterocycles. The monoisotopic (exact) mass is 469 g/mol. The number of carboxylic acids is 1. The van der Waals surface area contributed by atoms with Gasteiger partial charge in [-0.1, -0.05) is 0 Å². The van der Waals surface area contributed by atoms with Gasteiger partial charge in [0.05, 0.1) is 12.2 Å². The minimum atomic E-state index is -0.811. The van der Waals surface area contributed by atoms with Crippen molar-refractivity contribution in [3.05, 3.63) is 29.1 Å². The van der Waals surface area contributed by atoms with Gasteiger partial charge in [-0.05, 0) is 105 Å². The van der Waals surface area contributed by atoms with E-state index in [0.717, 1.165) is 42.6 Å². The molecule has 1 atom stereocenters. The fraction of sp³-hybridized carbons (Fsp3) is 0.714. The first kappa shape index (κ1) is 22.4. The zero-order chi connectivity index (χ0) is 23.4. The Bertz CT molecular complexity index is 952. The third-order valence-electron chi connectivity index (χ3n) is 9.39. The van der Waals surface area contributed by atoms with Crippen LogP contribution in [0.5, 0.6) is 5.75 Å². The van der Waals surface area contributed by atoms with E-state index in [0.29, 0.717) is 37.8 Å². The molecule has 1 heterocycles. The lowest BCUT2D eigenvalue weighted by Gasteiger charge is -2.56. The van der Waals surface area contributed by atoms with Gasteiger partial charge in [-0.15, -0.1) is 0 Å². The second-order valence-electron chi connectivity index (χ2n) is 12.2. The number of ether oxygens (including phenoxy) is 1. The van der Waals surface area contributed by atoms with Crippen molar-refractivity contribution in [2.45, 2.75) is 76.5 Å². The molecule has 0 spiro atoms. The molecule has 6 heteroatoms. The highest BCUT2D eigenvalue weighted by Gasteiger charge is 2.51. The van der Waals surface area contributed by atoms with Gasteiger partial charge >= 0.3 is 5.97 Å². The first-order chi connectivity index (χ1) is 16.4. The van der Waals surface area contributed by atoms with E-state index in [2.05, 4.69) is 0 Å². The molecule has 0 radical (unpaired) electrons. The summed E-state index contributed by atoms with van der Waals surface area (Å²) in [5.74, 6) is 2.17. The molecule has 6 fully saturated rings. The summed E-state index contributed by atoms with van der Waals surface area (Å²) in [7, 11) is 0. The Kier molecular flexibility index (Phi) is 5.61. The lowest BCUT2D eigenvalue weighted by molar-refractivity contribution is -0.137. The SMILES string of the molecule is O=C(O)CCC1CCN(C(=O)c2cc(C3CC3)c(OCC34CC5CC(CC(C5)C3)C4)cc2F)C1. The summed E-state index contributed by atoms with van der Waals surface area (Å²) >= 11 is 0. The number of nitrogens with zero attached hydrogens (tertiary/aromatic N) is 1. The van der Waals surface area contributed by atoms with Gasteiger partial charge < -0.3 is 14.7 Å². The lowest BCUT2D eigenvalue weighted by Crippen LogP contribution is -2.48. The Morgan fingerprint density at radius 3 is 2.35 bits per heavy atom. The van der Waals surface area contributed by atoms with Crippen molar-refractivity contribution in [2.24, 2.45) is 29.1 Å². The first-order valence-corrected chi connectivity index (χ1v) is 13.3. The second kappa shape index (κ2) is 8.53. The van der Waals surface area contributed by atoms with E-state index in [1.807, 2.05) is 0 Å². The van der Waals surface area contributed by atoms with Gasteiger partial charge in [0, 0.05) is 31.0 Å². The summed E-state index contributed by atoms with van der Waals surface area (Å²) in [5, 5.41) is 8.93. The molecule has 5 nitrogen and oxygen atoms in total. The van der Waals surface area contributed by atoms with Crippen LogP contribution < -0.4 is 4.74 Å². The average Bonchev–Trinajstić information content (AvgIpc) is 3.52. The van der Waals surface area contributed by atoms with E-state index >= 15 is 4.39 Å². The van der Waals surface area contributed by atoms with E-state index < -0.39 is 11.8 Å². The number of carbonyl (C=O) groups is 2. The number of carboxylic acid groups (broad SMARTS) is 1. The van der Waals surface area contributed by atoms with Gasteiger partial charge in [0.2, 0.25) is 0 Å². The number of carbonyl (C=O) groups excluding carboxylic acids is 1. The zero-order valence-corrected chi connectivity index (χ0v) is 19.9. The van der Waals surface area contributed by atoms with Crippen LogP contribution >= 0.6 is 0 Å². The molecule has 5 aliphatic carbocycles. The van der Waals surface area contributed by atoms with Crippen LogP contribution in [-0.2, 0) is 4.79 Å².